The third kappa shape index (κ3) is 12.6. The Bertz CT molecular complexity index is 134. The van der Waals surface area contributed by atoms with Gasteiger partial charge in [-0.1, -0.05) is 0 Å². The van der Waals surface area contributed by atoms with Crippen LogP contribution in [0.25, 0.3) is 0 Å². The van der Waals surface area contributed by atoms with Crippen molar-refractivity contribution in [3.05, 3.63) is 0 Å². The molecule has 0 aliphatic rings. The number of aliphatic carboxylic acids is 1. The molecule has 0 aromatic rings. The third-order valence-electron chi connectivity index (χ3n) is 0.840. The summed E-state index contributed by atoms with van der Waals surface area (Å²) in [5.74, 6) is -1.42. The van der Waals surface area contributed by atoms with E-state index in [1.54, 1.807) is 0 Å². The van der Waals surface area contributed by atoms with Gasteiger partial charge in [0.25, 0.3) is 0 Å². The van der Waals surface area contributed by atoms with E-state index >= 15 is 0 Å². The minimum absolute atomic E-state index is 0. The van der Waals surface area contributed by atoms with Crippen molar-refractivity contribution >= 4 is 11.9 Å². The summed E-state index contributed by atoms with van der Waals surface area (Å²) in [5.41, 5.74) is 0. The van der Waals surface area contributed by atoms with E-state index in [1.807, 2.05) is 0 Å². The van der Waals surface area contributed by atoms with Crippen LogP contribution in [0.2, 0.25) is 0 Å². The Hall–Kier alpha value is -0.100. The number of ether oxygens (including phenoxy) is 1. The fourth-order valence-corrected chi connectivity index (χ4v) is 0.455. The molecule has 0 saturated heterocycles. The molecule has 64 valence electrons. The van der Waals surface area contributed by atoms with E-state index in [9.17, 15) is 14.7 Å². The zero-order valence-electron chi connectivity index (χ0n) is 7.25. The van der Waals surface area contributed by atoms with Gasteiger partial charge >= 0.3 is 29.6 Å². The number of carbonyl (C=O) groups excluding carboxylic acids is 2. The number of carboxylic acids is 1. The van der Waals surface area contributed by atoms with E-state index < -0.39 is 12.6 Å². The predicted octanol–water partition coefficient (Wildman–Crippen LogP) is -5.11. The second kappa shape index (κ2) is 8.99. The molecule has 0 atom stereocenters. The average Bonchev–Trinajstić information content (AvgIpc) is 1.85. The van der Waals surface area contributed by atoms with Gasteiger partial charge in [-0.25, -0.2) is 0 Å². The fraction of sp³-hybridized carbons (Fsp3) is 0.667. The zero-order chi connectivity index (χ0) is 8.69. The van der Waals surface area contributed by atoms with Crippen LogP contribution in [0.3, 0.4) is 0 Å². The summed E-state index contributed by atoms with van der Waals surface area (Å²) in [7, 11) is 0. The van der Waals surface area contributed by atoms with Gasteiger partial charge in [0, 0.05) is 13.5 Å². The van der Waals surface area contributed by atoms with E-state index in [-0.39, 0.29) is 42.1 Å². The maximum Gasteiger partial charge on any atom is 1.00 e. The molecular formula is C6H10NNaO4. The van der Waals surface area contributed by atoms with Gasteiger partial charge in [-0.15, -0.1) is 0 Å². The van der Waals surface area contributed by atoms with Crippen molar-refractivity contribution < 1.29 is 49.0 Å². The van der Waals surface area contributed by atoms with Crippen LogP contribution in [-0.4, -0.2) is 31.6 Å². The van der Waals surface area contributed by atoms with Crippen LogP contribution in [0.5, 0.6) is 0 Å². The summed E-state index contributed by atoms with van der Waals surface area (Å²) in [6.07, 6.45) is 0. The molecule has 0 saturated carbocycles. The number of carboxylic acid groups (broad SMARTS) is 1. The van der Waals surface area contributed by atoms with Crippen molar-refractivity contribution in [3.63, 3.8) is 0 Å². The van der Waals surface area contributed by atoms with Gasteiger partial charge < -0.3 is 20.0 Å². The Morgan fingerprint density at radius 1 is 1.50 bits per heavy atom. The van der Waals surface area contributed by atoms with Crippen LogP contribution in [-0.2, 0) is 14.3 Å². The summed E-state index contributed by atoms with van der Waals surface area (Å²) >= 11 is 0. The van der Waals surface area contributed by atoms with Crippen molar-refractivity contribution in [1.29, 1.82) is 0 Å². The maximum absolute atomic E-state index is 10.2. The van der Waals surface area contributed by atoms with Crippen LogP contribution >= 0.6 is 0 Å². The van der Waals surface area contributed by atoms with Gasteiger partial charge in [0.15, 0.2) is 0 Å². The SMILES string of the molecule is CC(=O)NCCOCC(=O)[O-].[Na+]. The summed E-state index contributed by atoms with van der Waals surface area (Å²) in [6.45, 7) is 1.45. The molecular weight excluding hydrogens is 173 g/mol. The monoisotopic (exact) mass is 183 g/mol. The van der Waals surface area contributed by atoms with E-state index in [2.05, 4.69) is 10.1 Å². The van der Waals surface area contributed by atoms with Crippen LogP contribution in [0, 0.1) is 0 Å². The van der Waals surface area contributed by atoms with Crippen LogP contribution < -0.4 is 40.0 Å². The Kier molecular flexibility index (Phi) is 10.8. The molecule has 0 heterocycles. The number of hydrogen-bond acceptors (Lipinski definition) is 4. The summed E-state index contributed by atoms with van der Waals surface area (Å²) in [5, 5.41) is 12.2. The maximum atomic E-state index is 10.2. The van der Waals surface area contributed by atoms with Gasteiger partial charge in [0.1, 0.15) is 0 Å². The molecule has 0 radical (unpaired) electrons. The molecule has 12 heavy (non-hydrogen) atoms. The van der Waals surface area contributed by atoms with Crippen LogP contribution in [0.15, 0.2) is 0 Å². The second-order valence-corrected chi connectivity index (χ2v) is 1.91. The minimum atomic E-state index is -1.26. The van der Waals surface area contributed by atoms with E-state index in [0.717, 1.165) is 0 Å². The Morgan fingerprint density at radius 3 is 2.50 bits per heavy atom. The first kappa shape index (κ1) is 14.4. The van der Waals surface area contributed by atoms with Gasteiger partial charge in [0.2, 0.25) is 5.91 Å². The fourth-order valence-electron chi connectivity index (χ4n) is 0.455. The second-order valence-electron chi connectivity index (χ2n) is 1.91. The first-order valence-electron chi connectivity index (χ1n) is 3.15. The normalized spacial score (nSPS) is 8.42. The zero-order valence-corrected chi connectivity index (χ0v) is 9.25. The Morgan fingerprint density at radius 2 is 2.08 bits per heavy atom. The summed E-state index contributed by atoms with van der Waals surface area (Å²) in [6, 6.07) is 0. The number of amides is 1. The van der Waals surface area contributed by atoms with Crippen LogP contribution in [0.4, 0.5) is 0 Å². The molecule has 0 rings (SSSR count). The molecule has 5 nitrogen and oxygen atoms in total. The molecule has 0 aliphatic carbocycles. The largest absolute Gasteiger partial charge is 1.00 e. The molecule has 0 aromatic heterocycles. The predicted molar refractivity (Wildman–Crippen MR) is 34.5 cm³/mol. The molecule has 0 aliphatic heterocycles. The van der Waals surface area contributed by atoms with E-state index in [0.29, 0.717) is 6.54 Å². The molecule has 0 unspecified atom stereocenters. The molecule has 0 fully saturated rings. The summed E-state index contributed by atoms with van der Waals surface area (Å²) in [4.78, 5) is 20.0. The van der Waals surface area contributed by atoms with Crippen LogP contribution in [0.1, 0.15) is 6.92 Å². The number of rotatable bonds is 5. The van der Waals surface area contributed by atoms with Gasteiger partial charge in [0.05, 0.1) is 19.2 Å². The van der Waals surface area contributed by atoms with Crippen molar-refractivity contribution in [1.82, 2.24) is 5.32 Å². The topological polar surface area (TPSA) is 78.5 Å². The van der Waals surface area contributed by atoms with Crippen molar-refractivity contribution in [2.75, 3.05) is 19.8 Å². The van der Waals surface area contributed by atoms with E-state index in [4.69, 9.17) is 0 Å². The first-order valence-corrected chi connectivity index (χ1v) is 3.15. The molecule has 1 amide bonds. The summed E-state index contributed by atoms with van der Waals surface area (Å²) < 4.78 is 4.57. The molecule has 6 heteroatoms. The number of carbonyl (C=O) groups is 2. The average molecular weight is 183 g/mol. The molecule has 0 bridgehead atoms. The molecule has 0 aromatic carbocycles. The standard InChI is InChI=1S/C6H11NO4.Na/c1-5(8)7-2-3-11-4-6(9)10;/h2-4H2,1H3,(H,7,8)(H,9,10);/q;+1/p-1. The molecule has 0 spiro atoms. The van der Waals surface area contributed by atoms with Crippen molar-refractivity contribution in [3.8, 4) is 0 Å². The van der Waals surface area contributed by atoms with E-state index in [1.165, 1.54) is 6.92 Å². The third-order valence-corrected chi connectivity index (χ3v) is 0.840. The first-order chi connectivity index (χ1) is 5.13. The quantitative estimate of drug-likeness (QED) is 0.341. The molecule has 1 N–H and O–H groups in total. The van der Waals surface area contributed by atoms with Gasteiger partial charge in [-0.2, -0.15) is 0 Å². The van der Waals surface area contributed by atoms with Gasteiger partial charge in [-0.05, 0) is 0 Å². The number of nitrogens with one attached hydrogen (secondary N) is 1. The number of hydrogen-bond donors (Lipinski definition) is 1. The Labute approximate surface area is 92.8 Å². The minimum Gasteiger partial charge on any atom is -0.548 e. The van der Waals surface area contributed by atoms with Gasteiger partial charge in [-0.3, -0.25) is 4.79 Å². The van der Waals surface area contributed by atoms with Crippen molar-refractivity contribution in [2.24, 2.45) is 0 Å². The smallest absolute Gasteiger partial charge is 0.548 e. The Balaban J connectivity index is 0. The van der Waals surface area contributed by atoms with Crippen molar-refractivity contribution in [2.45, 2.75) is 6.92 Å².